The Morgan fingerprint density at radius 1 is 1.04 bits per heavy atom. The largest absolute Gasteiger partial charge is 0.497 e. The maximum absolute atomic E-state index is 13.1. The van der Waals surface area contributed by atoms with Crippen LogP contribution in [-0.2, 0) is 13.0 Å². The third-order valence-electron chi connectivity index (χ3n) is 4.75. The number of hydrogen-bond acceptors (Lipinski definition) is 4. The maximum Gasteiger partial charge on any atom is 0.263 e. The summed E-state index contributed by atoms with van der Waals surface area (Å²) in [6, 6.07) is 16.1. The highest BCUT2D eigenvalue weighted by molar-refractivity contribution is 7.17. The fourth-order valence-corrected chi connectivity index (χ4v) is 4.05. The molecule has 0 saturated heterocycles. The van der Waals surface area contributed by atoms with Crippen LogP contribution in [0, 0.1) is 0 Å². The van der Waals surface area contributed by atoms with Gasteiger partial charge in [0.2, 0.25) is 0 Å². The van der Waals surface area contributed by atoms with Crippen LogP contribution in [0.5, 0.6) is 5.75 Å². The first kappa shape index (κ1) is 17.5. The van der Waals surface area contributed by atoms with Crippen LogP contribution in [-0.4, -0.2) is 16.7 Å². The zero-order valence-corrected chi connectivity index (χ0v) is 16.1. The van der Waals surface area contributed by atoms with Gasteiger partial charge in [0.1, 0.15) is 10.6 Å². The van der Waals surface area contributed by atoms with Gasteiger partial charge in [-0.1, -0.05) is 43.3 Å². The predicted octanol–water partition coefficient (Wildman–Crippen LogP) is 4.74. The van der Waals surface area contributed by atoms with Crippen molar-refractivity contribution in [3.05, 3.63) is 81.7 Å². The highest BCUT2D eigenvalue weighted by atomic mass is 32.1. The number of hydrogen-bond donors (Lipinski definition) is 0. The summed E-state index contributed by atoms with van der Waals surface area (Å²) in [5.41, 5.74) is 4.29. The molecule has 2 aromatic carbocycles. The molecule has 0 aliphatic rings. The molecule has 0 saturated carbocycles. The second-order valence-corrected chi connectivity index (χ2v) is 7.26. The first-order valence-electron chi connectivity index (χ1n) is 8.88. The van der Waals surface area contributed by atoms with Crippen molar-refractivity contribution in [3.63, 3.8) is 0 Å². The Kier molecular flexibility index (Phi) is 4.77. The van der Waals surface area contributed by atoms with Crippen molar-refractivity contribution in [2.24, 2.45) is 0 Å². The molecule has 0 atom stereocenters. The van der Waals surface area contributed by atoms with Crippen molar-refractivity contribution in [3.8, 4) is 16.9 Å². The number of rotatable bonds is 5. The fraction of sp³-hybridized carbons (Fsp3) is 0.182. The highest BCUT2D eigenvalue weighted by Gasteiger charge is 2.13. The minimum absolute atomic E-state index is 0.00774. The fourth-order valence-electron chi connectivity index (χ4n) is 3.14. The summed E-state index contributed by atoms with van der Waals surface area (Å²) >= 11 is 1.50. The number of ether oxygens (including phenoxy) is 1. The molecule has 0 aliphatic carbocycles. The number of benzene rings is 2. The molecule has 2 heterocycles. The zero-order chi connectivity index (χ0) is 18.8. The summed E-state index contributed by atoms with van der Waals surface area (Å²) in [5, 5.41) is 2.68. The standard InChI is InChI=1S/C22H20N2O2S/c1-3-15-4-6-16(7-5-15)12-24-14-23-21-20(22(24)25)19(13-27-21)17-8-10-18(26-2)11-9-17/h4-11,13-14H,3,12H2,1-2H3. The number of fused-ring (bicyclic) bond motifs is 1. The van der Waals surface area contributed by atoms with Gasteiger partial charge in [-0.2, -0.15) is 0 Å². The van der Waals surface area contributed by atoms with E-state index in [1.54, 1.807) is 18.0 Å². The summed E-state index contributed by atoms with van der Waals surface area (Å²) in [4.78, 5) is 18.4. The summed E-state index contributed by atoms with van der Waals surface area (Å²) in [6.45, 7) is 2.65. The van der Waals surface area contributed by atoms with Gasteiger partial charge >= 0.3 is 0 Å². The second-order valence-electron chi connectivity index (χ2n) is 6.41. The molecule has 5 heteroatoms. The Hall–Kier alpha value is -2.92. The van der Waals surface area contributed by atoms with Crippen molar-refractivity contribution < 1.29 is 4.74 Å². The molecule has 136 valence electrons. The second kappa shape index (κ2) is 7.37. The first-order chi connectivity index (χ1) is 13.2. The Labute approximate surface area is 161 Å². The molecule has 0 unspecified atom stereocenters. The first-order valence-corrected chi connectivity index (χ1v) is 9.76. The van der Waals surface area contributed by atoms with E-state index in [1.165, 1.54) is 16.9 Å². The highest BCUT2D eigenvalue weighted by Crippen LogP contribution is 2.31. The molecule has 0 fully saturated rings. The minimum atomic E-state index is -0.00774. The number of nitrogens with zero attached hydrogens (tertiary/aromatic N) is 2. The summed E-state index contributed by atoms with van der Waals surface area (Å²) in [6.07, 6.45) is 2.65. The Morgan fingerprint density at radius 3 is 2.41 bits per heavy atom. The normalized spacial score (nSPS) is 11.0. The van der Waals surface area contributed by atoms with E-state index in [4.69, 9.17) is 4.74 Å². The SMILES string of the molecule is CCc1ccc(Cn2cnc3scc(-c4ccc(OC)cc4)c3c2=O)cc1. The van der Waals surface area contributed by atoms with Crippen LogP contribution >= 0.6 is 11.3 Å². The van der Waals surface area contributed by atoms with Crippen molar-refractivity contribution in [2.45, 2.75) is 19.9 Å². The third-order valence-corrected chi connectivity index (χ3v) is 5.63. The molecule has 4 nitrogen and oxygen atoms in total. The lowest BCUT2D eigenvalue weighted by Crippen LogP contribution is -2.20. The Balaban J connectivity index is 1.75. The molecule has 27 heavy (non-hydrogen) atoms. The van der Waals surface area contributed by atoms with Crippen molar-refractivity contribution in [1.29, 1.82) is 0 Å². The average molecular weight is 376 g/mol. The van der Waals surface area contributed by atoms with Crippen molar-refractivity contribution in [2.75, 3.05) is 7.11 Å². The zero-order valence-electron chi connectivity index (χ0n) is 15.3. The average Bonchev–Trinajstić information content (AvgIpc) is 3.15. The molecule has 4 rings (SSSR count). The maximum atomic E-state index is 13.1. The topological polar surface area (TPSA) is 44.1 Å². The Morgan fingerprint density at radius 2 is 1.74 bits per heavy atom. The van der Waals surface area contributed by atoms with Crippen molar-refractivity contribution in [1.82, 2.24) is 9.55 Å². The quantitative estimate of drug-likeness (QED) is 0.505. The van der Waals surface area contributed by atoms with Crippen LogP contribution in [0.1, 0.15) is 18.1 Å². The van der Waals surface area contributed by atoms with Crippen molar-refractivity contribution >= 4 is 21.6 Å². The summed E-state index contributed by atoms with van der Waals surface area (Å²) < 4.78 is 6.91. The van der Waals surface area contributed by atoms with Gasteiger partial charge in [0.05, 0.1) is 25.4 Å². The molecule has 0 aliphatic heterocycles. The van der Waals surface area contributed by atoms with Crippen LogP contribution in [0.25, 0.3) is 21.3 Å². The van der Waals surface area contributed by atoms with E-state index in [2.05, 4.69) is 36.2 Å². The van der Waals surface area contributed by atoms with Gasteiger partial charge in [0.15, 0.2) is 0 Å². The van der Waals surface area contributed by atoms with E-state index in [9.17, 15) is 4.79 Å². The van der Waals surface area contributed by atoms with Gasteiger partial charge in [-0.3, -0.25) is 9.36 Å². The molecular weight excluding hydrogens is 356 g/mol. The lowest BCUT2D eigenvalue weighted by Gasteiger charge is -2.07. The van der Waals surface area contributed by atoms with Gasteiger partial charge in [-0.15, -0.1) is 11.3 Å². The lowest BCUT2D eigenvalue weighted by atomic mass is 10.1. The number of aryl methyl sites for hydroxylation is 1. The lowest BCUT2D eigenvalue weighted by molar-refractivity contribution is 0.415. The third kappa shape index (κ3) is 3.38. The summed E-state index contributed by atoms with van der Waals surface area (Å²) in [7, 11) is 1.64. The predicted molar refractivity (Wildman–Crippen MR) is 111 cm³/mol. The van der Waals surface area contributed by atoms with Gasteiger partial charge in [0.25, 0.3) is 5.56 Å². The van der Waals surface area contributed by atoms with E-state index in [1.807, 2.05) is 29.6 Å². The van der Waals surface area contributed by atoms with Gasteiger partial charge in [-0.25, -0.2) is 4.98 Å². The molecule has 0 spiro atoms. The Bertz CT molecular complexity index is 1130. The molecule has 0 N–H and O–H groups in total. The van der Waals surface area contributed by atoms with Gasteiger partial charge in [-0.05, 0) is 35.2 Å². The smallest absolute Gasteiger partial charge is 0.263 e. The molecule has 0 bridgehead atoms. The molecule has 0 radical (unpaired) electrons. The monoisotopic (exact) mass is 376 g/mol. The molecule has 2 aromatic heterocycles. The number of methoxy groups -OCH3 is 1. The van der Waals surface area contributed by atoms with Crippen LogP contribution in [0.3, 0.4) is 0 Å². The van der Waals surface area contributed by atoms with Gasteiger partial charge < -0.3 is 4.74 Å². The molecular formula is C22H20N2O2S. The number of thiophene rings is 1. The van der Waals surface area contributed by atoms with Gasteiger partial charge in [0, 0.05) is 10.9 Å². The minimum Gasteiger partial charge on any atom is -0.497 e. The van der Waals surface area contributed by atoms with Crippen LogP contribution in [0.15, 0.2) is 65.0 Å². The van der Waals surface area contributed by atoms with E-state index < -0.39 is 0 Å². The van der Waals surface area contributed by atoms with E-state index in [-0.39, 0.29) is 5.56 Å². The molecule has 4 aromatic rings. The van der Waals surface area contributed by atoms with Crippen LogP contribution < -0.4 is 10.3 Å². The van der Waals surface area contributed by atoms with Crippen LogP contribution in [0.4, 0.5) is 0 Å². The van der Waals surface area contributed by atoms with E-state index in [0.29, 0.717) is 11.9 Å². The number of aromatic nitrogens is 2. The van der Waals surface area contributed by atoms with E-state index in [0.717, 1.165) is 33.7 Å². The molecule has 0 amide bonds. The summed E-state index contributed by atoms with van der Waals surface area (Å²) in [5.74, 6) is 0.796. The van der Waals surface area contributed by atoms with Crippen LogP contribution in [0.2, 0.25) is 0 Å². The van der Waals surface area contributed by atoms with E-state index >= 15 is 0 Å².